The van der Waals surface area contributed by atoms with Crippen molar-refractivity contribution in [3.05, 3.63) is 60.2 Å². The number of anilines is 2. The van der Waals surface area contributed by atoms with Crippen LogP contribution in [0.5, 0.6) is 5.75 Å². The van der Waals surface area contributed by atoms with Gasteiger partial charge >= 0.3 is 0 Å². The van der Waals surface area contributed by atoms with Crippen LogP contribution in [0.1, 0.15) is 12.5 Å². The molecule has 0 fully saturated rings. The largest absolute Gasteiger partial charge is 0.497 e. The van der Waals surface area contributed by atoms with Gasteiger partial charge in [-0.1, -0.05) is 18.2 Å². The molecule has 23 heavy (non-hydrogen) atoms. The molecule has 0 spiro atoms. The molecule has 0 heterocycles. The van der Waals surface area contributed by atoms with Gasteiger partial charge in [-0.05, 0) is 42.0 Å². The van der Waals surface area contributed by atoms with Gasteiger partial charge in [0.25, 0.3) is 0 Å². The van der Waals surface area contributed by atoms with E-state index in [9.17, 15) is 9.59 Å². The lowest BCUT2D eigenvalue weighted by Gasteiger charge is -2.06. The summed E-state index contributed by atoms with van der Waals surface area (Å²) in [5.74, 6) is 0.357. The van der Waals surface area contributed by atoms with Gasteiger partial charge in [0, 0.05) is 24.4 Å². The quantitative estimate of drug-likeness (QED) is 0.833. The average Bonchev–Trinajstić information content (AvgIpc) is 2.53. The van der Waals surface area contributed by atoms with E-state index in [1.165, 1.54) is 13.0 Å². The highest BCUT2D eigenvalue weighted by molar-refractivity contribution is 6.02. The standard InChI is InChI=1S/C18H18N2O3/c1-13(21)19-15-4-3-5-16(12-15)20-18(22)11-8-14-6-9-17(23-2)10-7-14/h3-12H,1-2H3,(H,19,21)(H,20,22)/b11-8+. The summed E-state index contributed by atoms with van der Waals surface area (Å²) in [5.41, 5.74) is 2.14. The molecule has 118 valence electrons. The van der Waals surface area contributed by atoms with Gasteiger partial charge in [-0.3, -0.25) is 9.59 Å². The second kappa shape index (κ2) is 7.79. The summed E-state index contributed by atoms with van der Waals surface area (Å²) < 4.78 is 5.08. The van der Waals surface area contributed by atoms with Crippen LogP contribution in [-0.2, 0) is 9.59 Å². The normalized spacial score (nSPS) is 10.3. The molecule has 0 atom stereocenters. The molecular formula is C18H18N2O3. The SMILES string of the molecule is COc1ccc(/C=C/C(=O)Nc2cccc(NC(C)=O)c2)cc1. The average molecular weight is 310 g/mol. The molecule has 0 aliphatic carbocycles. The minimum Gasteiger partial charge on any atom is -0.497 e. The summed E-state index contributed by atoms with van der Waals surface area (Å²) >= 11 is 0. The molecule has 0 aromatic heterocycles. The molecule has 5 nitrogen and oxygen atoms in total. The molecule has 0 radical (unpaired) electrons. The fourth-order valence-electron chi connectivity index (χ4n) is 1.95. The van der Waals surface area contributed by atoms with Crippen molar-refractivity contribution in [2.45, 2.75) is 6.92 Å². The smallest absolute Gasteiger partial charge is 0.248 e. The molecule has 0 aliphatic rings. The Bertz CT molecular complexity index is 721. The first-order valence-electron chi connectivity index (χ1n) is 7.07. The van der Waals surface area contributed by atoms with Crippen molar-refractivity contribution < 1.29 is 14.3 Å². The molecular weight excluding hydrogens is 292 g/mol. The number of rotatable bonds is 5. The van der Waals surface area contributed by atoms with Crippen molar-refractivity contribution in [1.82, 2.24) is 0 Å². The Kier molecular flexibility index (Phi) is 5.52. The summed E-state index contributed by atoms with van der Waals surface area (Å²) in [6.45, 7) is 1.43. The molecule has 2 aromatic rings. The lowest BCUT2D eigenvalue weighted by Crippen LogP contribution is -2.09. The monoisotopic (exact) mass is 310 g/mol. The maximum atomic E-state index is 11.9. The van der Waals surface area contributed by atoms with E-state index in [1.807, 2.05) is 24.3 Å². The van der Waals surface area contributed by atoms with Gasteiger partial charge in [-0.25, -0.2) is 0 Å². The van der Waals surface area contributed by atoms with E-state index in [-0.39, 0.29) is 11.8 Å². The zero-order chi connectivity index (χ0) is 16.7. The maximum Gasteiger partial charge on any atom is 0.248 e. The van der Waals surface area contributed by atoms with Crippen molar-refractivity contribution in [2.75, 3.05) is 17.7 Å². The van der Waals surface area contributed by atoms with Gasteiger partial charge < -0.3 is 15.4 Å². The predicted octanol–water partition coefficient (Wildman–Crippen LogP) is 3.31. The molecule has 0 bridgehead atoms. The number of benzene rings is 2. The second-order valence-electron chi connectivity index (χ2n) is 4.86. The molecule has 5 heteroatoms. The van der Waals surface area contributed by atoms with Crippen molar-refractivity contribution in [1.29, 1.82) is 0 Å². The molecule has 2 rings (SSSR count). The van der Waals surface area contributed by atoms with Gasteiger partial charge in [-0.2, -0.15) is 0 Å². The van der Waals surface area contributed by atoms with Crippen molar-refractivity contribution in [3.8, 4) is 5.75 Å². The molecule has 0 unspecified atom stereocenters. The van der Waals surface area contributed by atoms with Crippen molar-refractivity contribution in [3.63, 3.8) is 0 Å². The van der Waals surface area contributed by atoms with Crippen LogP contribution in [-0.4, -0.2) is 18.9 Å². The Hall–Kier alpha value is -3.08. The van der Waals surface area contributed by atoms with Crippen LogP contribution in [0.4, 0.5) is 11.4 Å². The van der Waals surface area contributed by atoms with Gasteiger partial charge in [0.2, 0.25) is 11.8 Å². The van der Waals surface area contributed by atoms with E-state index < -0.39 is 0 Å². The third kappa shape index (κ3) is 5.32. The van der Waals surface area contributed by atoms with Crippen LogP contribution >= 0.6 is 0 Å². The summed E-state index contributed by atoms with van der Waals surface area (Å²) in [4.78, 5) is 23.0. The topological polar surface area (TPSA) is 67.4 Å². The minimum absolute atomic E-state index is 0.159. The van der Waals surface area contributed by atoms with Crippen LogP contribution in [0.15, 0.2) is 54.6 Å². The second-order valence-corrected chi connectivity index (χ2v) is 4.86. The summed E-state index contributed by atoms with van der Waals surface area (Å²) in [6, 6.07) is 14.3. The number of carbonyl (C=O) groups is 2. The fraction of sp³-hybridized carbons (Fsp3) is 0.111. The van der Waals surface area contributed by atoms with E-state index in [1.54, 1.807) is 37.5 Å². The summed E-state index contributed by atoms with van der Waals surface area (Å²) in [6.07, 6.45) is 3.17. The Morgan fingerprint density at radius 1 is 1.00 bits per heavy atom. The number of carbonyl (C=O) groups excluding carboxylic acids is 2. The lowest BCUT2D eigenvalue weighted by molar-refractivity contribution is -0.114. The molecule has 0 aliphatic heterocycles. The fourth-order valence-corrected chi connectivity index (χ4v) is 1.95. The van der Waals surface area contributed by atoms with E-state index in [0.29, 0.717) is 11.4 Å². The molecule has 2 amide bonds. The third-order valence-electron chi connectivity index (χ3n) is 2.99. The van der Waals surface area contributed by atoms with Gasteiger partial charge in [-0.15, -0.1) is 0 Å². The third-order valence-corrected chi connectivity index (χ3v) is 2.99. The summed E-state index contributed by atoms with van der Waals surface area (Å²) in [7, 11) is 1.60. The number of hydrogen-bond acceptors (Lipinski definition) is 3. The molecule has 0 saturated carbocycles. The first-order valence-corrected chi connectivity index (χ1v) is 7.07. The molecule has 0 saturated heterocycles. The van der Waals surface area contributed by atoms with Gasteiger partial charge in [0.05, 0.1) is 7.11 Å². The first kappa shape index (κ1) is 16.3. The van der Waals surface area contributed by atoms with Gasteiger partial charge in [0.15, 0.2) is 0 Å². The number of amides is 2. The Morgan fingerprint density at radius 2 is 1.65 bits per heavy atom. The van der Waals surface area contributed by atoms with Crippen LogP contribution in [0.25, 0.3) is 6.08 Å². The van der Waals surface area contributed by atoms with E-state index in [4.69, 9.17) is 4.74 Å². The van der Waals surface area contributed by atoms with Crippen LogP contribution in [0.3, 0.4) is 0 Å². The summed E-state index contributed by atoms with van der Waals surface area (Å²) in [5, 5.41) is 5.41. The predicted molar refractivity (Wildman–Crippen MR) is 91.4 cm³/mol. The number of nitrogens with one attached hydrogen (secondary N) is 2. The van der Waals surface area contributed by atoms with Crippen LogP contribution in [0.2, 0.25) is 0 Å². The number of methoxy groups -OCH3 is 1. The van der Waals surface area contributed by atoms with Crippen molar-refractivity contribution >= 4 is 29.3 Å². The van der Waals surface area contributed by atoms with Crippen LogP contribution < -0.4 is 15.4 Å². The first-order chi connectivity index (χ1) is 11.1. The van der Waals surface area contributed by atoms with Gasteiger partial charge in [0.1, 0.15) is 5.75 Å². The van der Waals surface area contributed by atoms with E-state index in [0.717, 1.165) is 11.3 Å². The highest BCUT2D eigenvalue weighted by Gasteiger charge is 2.01. The van der Waals surface area contributed by atoms with E-state index >= 15 is 0 Å². The van der Waals surface area contributed by atoms with Crippen molar-refractivity contribution in [2.24, 2.45) is 0 Å². The minimum atomic E-state index is -0.249. The Labute approximate surface area is 135 Å². The zero-order valence-corrected chi connectivity index (χ0v) is 13.0. The number of hydrogen-bond donors (Lipinski definition) is 2. The highest BCUT2D eigenvalue weighted by atomic mass is 16.5. The number of ether oxygens (including phenoxy) is 1. The molecule has 2 N–H and O–H groups in total. The van der Waals surface area contributed by atoms with Crippen LogP contribution in [0, 0.1) is 0 Å². The lowest BCUT2D eigenvalue weighted by atomic mass is 10.2. The zero-order valence-electron chi connectivity index (χ0n) is 13.0. The maximum absolute atomic E-state index is 11.9. The Morgan fingerprint density at radius 3 is 2.26 bits per heavy atom. The highest BCUT2D eigenvalue weighted by Crippen LogP contribution is 2.15. The Balaban J connectivity index is 1.98. The molecule has 2 aromatic carbocycles. The van der Waals surface area contributed by atoms with E-state index in [2.05, 4.69) is 10.6 Å².